The van der Waals surface area contributed by atoms with E-state index in [1.165, 1.54) is 7.11 Å². The van der Waals surface area contributed by atoms with Crippen LogP contribution in [0.3, 0.4) is 0 Å². The highest BCUT2D eigenvalue weighted by molar-refractivity contribution is 5.77. The molecule has 0 fully saturated rings. The summed E-state index contributed by atoms with van der Waals surface area (Å²) in [6.07, 6.45) is 0. The molecule has 16 heavy (non-hydrogen) atoms. The van der Waals surface area contributed by atoms with Crippen molar-refractivity contribution in [3.63, 3.8) is 0 Å². The summed E-state index contributed by atoms with van der Waals surface area (Å²) >= 11 is 0. The van der Waals surface area contributed by atoms with Crippen molar-refractivity contribution >= 4 is 5.91 Å². The third kappa shape index (κ3) is 3.55. The highest BCUT2D eigenvalue weighted by Gasteiger charge is 2.09. The Hall–Kier alpha value is -1.55. The predicted molar refractivity (Wildman–Crippen MR) is 61.4 cm³/mol. The van der Waals surface area contributed by atoms with Gasteiger partial charge in [-0.05, 0) is 24.6 Å². The molecule has 0 heterocycles. The lowest BCUT2D eigenvalue weighted by Crippen LogP contribution is -2.29. The molecule has 4 heteroatoms. The summed E-state index contributed by atoms with van der Waals surface area (Å²) in [4.78, 5) is 11.3. The highest BCUT2D eigenvalue weighted by atomic mass is 16.5. The van der Waals surface area contributed by atoms with Crippen molar-refractivity contribution in [2.45, 2.75) is 13.0 Å². The molecule has 1 N–H and O–H groups in total. The zero-order chi connectivity index (χ0) is 12.0. The zero-order valence-corrected chi connectivity index (χ0v) is 9.82. The molecule has 0 saturated heterocycles. The van der Waals surface area contributed by atoms with Gasteiger partial charge in [0.1, 0.15) is 12.4 Å². The molecule has 0 aliphatic heterocycles. The second-order valence-corrected chi connectivity index (χ2v) is 3.50. The summed E-state index contributed by atoms with van der Waals surface area (Å²) in [7, 11) is 3.11. The molecule has 0 aliphatic rings. The normalized spacial score (nSPS) is 11.9. The number of carbonyl (C=O) groups is 1. The smallest absolute Gasteiger partial charge is 0.246 e. The van der Waals surface area contributed by atoms with Crippen molar-refractivity contribution in [3.05, 3.63) is 29.8 Å². The van der Waals surface area contributed by atoms with E-state index in [9.17, 15) is 4.79 Å². The quantitative estimate of drug-likeness (QED) is 0.823. The Morgan fingerprint density at radius 3 is 2.81 bits per heavy atom. The molecule has 1 aromatic carbocycles. The number of rotatable bonds is 5. The molecule has 1 aromatic rings. The Bertz CT molecular complexity index is 352. The fourth-order valence-corrected chi connectivity index (χ4v) is 1.41. The van der Waals surface area contributed by atoms with Crippen LogP contribution < -0.4 is 10.1 Å². The number of amides is 1. The van der Waals surface area contributed by atoms with Crippen molar-refractivity contribution in [1.82, 2.24) is 5.32 Å². The van der Waals surface area contributed by atoms with E-state index in [0.717, 1.165) is 11.3 Å². The molecular formula is C12H17NO3. The average Bonchev–Trinajstić information content (AvgIpc) is 2.29. The van der Waals surface area contributed by atoms with Gasteiger partial charge in [0.2, 0.25) is 5.91 Å². The van der Waals surface area contributed by atoms with E-state index >= 15 is 0 Å². The third-order valence-corrected chi connectivity index (χ3v) is 2.25. The predicted octanol–water partition coefficient (Wildman–Crippen LogP) is 1.52. The van der Waals surface area contributed by atoms with Gasteiger partial charge in [0, 0.05) is 7.11 Å². The lowest BCUT2D eigenvalue weighted by atomic mass is 10.1. The Labute approximate surface area is 95.6 Å². The van der Waals surface area contributed by atoms with Gasteiger partial charge in [-0.2, -0.15) is 0 Å². The molecule has 4 nitrogen and oxygen atoms in total. The Morgan fingerprint density at radius 2 is 2.19 bits per heavy atom. The van der Waals surface area contributed by atoms with Crippen molar-refractivity contribution in [3.8, 4) is 5.75 Å². The minimum absolute atomic E-state index is 0.0576. The average molecular weight is 223 g/mol. The molecular weight excluding hydrogens is 206 g/mol. The van der Waals surface area contributed by atoms with Crippen molar-refractivity contribution in [1.29, 1.82) is 0 Å². The van der Waals surface area contributed by atoms with E-state index in [4.69, 9.17) is 9.47 Å². The largest absolute Gasteiger partial charge is 0.497 e. The molecule has 1 rings (SSSR count). The van der Waals surface area contributed by atoms with Crippen LogP contribution in [0.25, 0.3) is 0 Å². The van der Waals surface area contributed by atoms with Crippen LogP contribution in [0.15, 0.2) is 24.3 Å². The summed E-state index contributed by atoms with van der Waals surface area (Å²) < 4.78 is 9.87. The summed E-state index contributed by atoms with van der Waals surface area (Å²) in [5, 5.41) is 2.83. The first-order valence-corrected chi connectivity index (χ1v) is 5.09. The van der Waals surface area contributed by atoms with Gasteiger partial charge in [0.15, 0.2) is 0 Å². The number of methoxy groups -OCH3 is 2. The standard InChI is InChI=1S/C12H17NO3/c1-9(13-12(14)8-15-2)10-5-4-6-11(7-10)16-3/h4-7,9H,8H2,1-3H3,(H,13,14)/t9-/m0/s1. The lowest BCUT2D eigenvalue weighted by molar-refractivity contribution is -0.125. The van der Waals surface area contributed by atoms with Gasteiger partial charge in [-0.15, -0.1) is 0 Å². The third-order valence-electron chi connectivity index (χ3n) is 2.25. The topological polar surface area (TPSA) is 47.6 Å². The van der Waals surface area contributed by atoms with Crippen LogP contribution in [0.5, 0.6) is 5.75 Å². The van der Waals surface area contributed by atoms with Gasteiger partial charge in [-0.25, -0.2) is 0 Å². The molecule has 0 saturated carbocycles. The van der Waals surface area contributed by atoms with Crippen molar-refractivity contribution < 1.29 is 14.3 Å². The first-order chi connectivity index (χ1) is 7.67. The number of hydrogen-bond donors (Lipinski definition) is 1. The molecule has 0 unspecified atom stereocenters. The van der Waals surface area contributed by atoms with Crippen LogP contribution in [0, 0.1) is 0 Å². The SMILES string of the molecule is COCC(=O)N[C@@H](C)c1cccc(OC)c1. The number of ether oxygens (including phenoxy) is 2. The van der Waals surface area contributed by atoms with Gasteiger partial charge in [-0.3, -0.25) is 4.79 Å². The van der Waals surface area contributed by atoms with Gasteiger partial charge in [0.25, 0.3) is 0 Å². The van der Waals surface area contributed by atoms with E-state index in [0.29, 0.717) is 0 Å². The van der Waals surface area contributed by atoms with Gasteiger partial charge in [-0.1, -0.05) is 12.1 Å². The molecule has 0 aliphatic carbocycles. The molecule has 0 radical (unpaired) electrons. The molecule has 1 amide bonds. The Kier molecular flexibility index (Phi) is 4.79. The second-order valence-electron chi connectivity index (χ2n) is 3.50. The fraction of sp³-hybridized carbons (Fsp3) is 0.417. The number of hydrogen-bond acceptors (Lipinski definition) is 3. The highest BCUT2D eigenvalue weighted by Crippen LogP contribution is 2.18. The maximum atomic E-state index is 11.3. The number of benzene rings is 1. The van der Waals surface area contributed by atoms with Crippen molar-refractivity contribution in [2.75, 3.05) is 20.8 Å². The first-order valence-electron chi connectivity index (χ1n) is 5.09. The molecule has 0 aromatic heterocycles. The van der Waals surface area contributed by atoms with Crippen LogP contribution >= 0.6 is 0 Å². The summed E-state index contributed by atoms with van der Waals surface area (Å²) in [6, 6.07) is 7.55. The maximum absolute atomic E-state index is 11.3. The fourth-order valence-electron chi connectivity index (χ4n) is 1.41. The second kappa shape index (κ2) is 6.12. The van der Waals surface area contributed by atoms with Crippen LogP contribution in [-0.4, -0.2) is 26.7 Å². The van der Waals surface area contributed by atoms with Gasteiger partial charge < -0.3 is 14.8 Å². The Balaban J connectivity index is 2.64. The minimum Gasteiger partial charge on any atom is -0.497 e. The van der Waals surface area contributed by atoms with E-state index in [-0.39, 0.29) is 18.6 Å². The van der Waals surface area contributed by atoms with E-state index in [2.05, 4.69) is 5.32 Å². The molecule has 1 atom stereocenters. The summed E-state index contributed by atoms with van der Waals surface area (Å²) in [6.45, 7) is 2.00. The van der Waals surface area contributed by atoms with Gasteiger partial charge in [0.05, 0.1) is 13.2 Å². The molecule has 88 valence electrons. The number of carbonyl (C=O) groups excluding carboxylic acids is 1. The van der Waals surface area contributed by atoms with Crippen LogP contribution in [-0.2, 0) is 9.53 Å². The summed E-state index contributed by atoms with van der Waals surface area (Å²) in [5.41, 5.74) is 1.00. The van der Waals surface area contributed by atoms with E-state index < -0.39 is 0 Å². The van der Waals surface area contributed by atoms with Crippen molar-refractivity contribution in [2.24, 2.45) is 0 Å². The molecule has 0 spiro atoms. The maximum Gasteiger partial charge on any atom is 0.246 e. The monoisotopic (exact) mass is 223 g/mol. The minimum atomic E-state index is -0.127. The van der Waals surface area contributed by atoms with Crippen LogP contribution in [0.4, 0.5) is 0 Å². The van der Waals surface area contributed by atoms with Crippen LogP contribution in [0.2, 0.25) is 0 Å². The summed E-state index contributed by atoms with van der Waals surface area (Å²) in [5.74, 6) is 0.656. The van der Waals surface area contributed by atoms with E-state index in [1.54, 1.807) is 7.11 Å². The zero-order valence-electron chi connectivity index (χ0n) is 9.82. The molecule has 0 bridgehead atoms. The van der Waals surface area contributed by atoms with E-state index in [1.807, 2.05) is 31.2 Å². The number of nitrogens with one attached hydrogen (secondary N) is 1. The van der Waals surface area contributed by atoms with Crippen LogP contribution in [0.1, 0.15) is 18.5 Å². The Morgan fingerprint density at radius 1 is 1.44 bits per heavy atom. The first kappa shape index (κ1) is 12.5. The van der Waals surface area contributed by atoms with Gasteiger partial charge >= 0.3 is 0 Å². The lowest BCUT2D eigenvalue weighted by Gasteiger charge is -2.14.